The molecule has 1 aliphatic rings. The van der Waals surface area contributed by atoms with Crippen LogP contribution in [0.1, 0.15) is 50.2 Å². The number of allylic oxidation sites excluding steroid dienone is 1. The lowest BCUT2D eigenvalue weighted by Gasteiger charge is -2.29. The first kappa shape index (κ1) is 23.1. The number of carbonyl (C=O) groups is 2. The van der Waals surface area contributed by atoms with Crippen LogP contribution in [0, 0.1) is 0 Å². The number of halogens is 1. The summed E-state index contributed by atoms with van der Waals surface area (Å²) in [5.41, 5.74) is 3.31. The van der Waals surface area contributed by atoms with Crippen LogP contribution in [0.5, 0.6) is 0 Å². The Balaban J connectivity index is 1.65. The molecule has 1 aliphatic carbocycles. The Kier molecular flexibility index (Phi) is 8.72. The quantitative estimate of drug-likeness (QED) is 0.539. The van der Waals surface area contributed by atoms with E-state index in [-0.39, 0.29) is 18.2 Å². The molecule has 1 N–H and O–H groups in total. The number of carbonyl (C=O) groups excluding carboxylic acids is 2. The first-order valence-corrected chi connectivity index (χ1v) is 11.4. The third kappa shape index (κ3) is 7.25. The fraction of sp³-hybridized carbons (Fsp3) is 0.385. The van der Waals surface area contributed by atoms with E-state index in [1.165, 1.54) is 18.4 Å². The van der Waals surface area contributed by atoms with Crippen LogP contribution >= 0.6 is 11.6 Å². The lowest BCUT2D eigenvalue weighted by atomic mass is 9.97. The highest BCUT2D eigenvalue weighted by Crippen LogP contribution is 2.19. The van der Waals surface area contributed by atoms with Crippen molar-refractivity contribution in [2.75, 3.05) is 6.54 Å². The van der Waals surface area contributed by atoms with Crippen molar-refractivity contribution in [3.8, 4) is 0 Å². The number of hydrogen-bond acceptors (Lipinski definition) is 2. The Labute approximate surface area is 190 Å². The Morgan fingerprint density at radius 2 is 1.77 bits per heavy atom. The molecule has 2 aromatic carbocycles. The van der Waals surface area contributed by atoms with Crippen LogP contribution in [0.2, 0.25) is 5.02 Å². The maximum atomic E-state index is 13.2. The van der Waals surface area contributed by atoms with E-state index in [1.807, 2.05) is 42.5 Å². The molecule has 164 valence electrons. The minimum atomic E-state index is -0.563. The second kappa shape index (κ2) is 11.7. The van der Waals surface area contributed by atoms with Crippen molar-refractivity contribution in [3.63, 3.8) is 0 Å². The van der Waals surface area contributed by atoms with E-state index in [4.69, 9.17) is 11.6 Å². The Bertz CT molecular complexity index is 893. The van der Waals surface area contributed by atoms with Gasteiger partial charge in [0.2, 0.25) is 11.8 Å². The van der Waals surface area contributed by atoms with Crippen LogP contribution < -0.4 is 5.32 Å². The maximum Gasteiger partial charge on any atom is 0.242 e. The molecular weight excluding hydrogens is 408 g/mol. The van der Waals surface area contributed by atoms with Crippen molar-refractivity contribution < 1.29 is 9.59 Å². The molecule has 0 unspecified atom stereocenters. The fourth-order valence-corrected chi connectivity index (χ4v) is 3.99. The van der Waals surface area contributed by atoms with Gasteiger partial charge in [-0.15, -0.1) is 0 Å². The molecule has 5 heteroatoms. The number of hydrogen-bond donors (Lipinski definition) is 1. The average Bonchev–Trinajstić information content (AvgIpc) is 2.79. The number of rotatable bonds is 9. The summed E-state index contributed by atoms with van der Waals surface area (Å²) >= 11 is 6.00. The largest absolute Gasteiger partial charge is 0.354 e. The summed E-state index contributed by atoms with van der Waals surface area (Å²) in [5.74, 6) is -0.189. The molecule has 31 heavy (non-hydrogen) atoms. The third-order valence-electron chi connectivity index (χ3n) is 5.76. The van der Waals surface area contributed by atoms with Crippen molar-refractivity contribution in [1.29, 1.82) is 0 Å². The second-order valence-corrected chi connectivity index (χ2v) is 8.57. The Morgan fingerprint density at radius 1 is 1.03 bits per heavy atom. The van der Waals surface area contributed by atoms with E-state index in [9.17, 15) is 9.59 Å². The van der Waals surface area contributed by atoms with Crippen molar-refractivity contribution >= 4 is 23.4 Å². The maximum absolute atomic E-state index is 13.2. The van der Waals surface area contributed by atoms with Crippen molar-refractivity contribution in [2.45, 2.75) is 58.0 Å². The van der Waals surface area contributed by atoms with Gasteiger partial charge in [0.1, 0.15) is 6.04 Å². The summed E-state index contributed by atoms with van der Waals surface area (Å²) in [6, 6.07) is 16.5. The van der Waals surface area contributed by atoms with Crippen LogP contribution in [0.15, 0.2) is 66.2 Å². The van der Waals surface area contributed by atoms with Gasteiger partial charge in [0.05, 0.1) is 6.42 Å². The van der Waals surface area contributed by atoms with E-state index < -0.39 is 6.04 Å². The summed E-state index contributed by atoms with van der Waals surface area (Å²) in [4.78, 5) is 27.7. The number of nitrogens with zero attached hydrogens (tertiary/aromatic N) is 1. The Hall–Kier alpha value is -2.59. The van der Waals surface area contributed by atoms with E-state index in [0.29, 0.717) is 18.1 Å². The SMILES string of the molecule is C[C@H](C(=O)NCCC1=CCCCC1)N(Cc1ccc(Cl)cc1)C(=O)Cc1ccccc1. The lowest BCUT2D eigenvalue weighted by molar-refractivity contribution is -0.140. The van der Waals surface area contributed by atoms with Gasteiger partial charge in [0, 0.05) is 18.1 Å². The number of benzene rings is 2. The van der Waals surface area contributed by atoms with Gasteiger partial charge in [-0.2, -0.15) is 0 Å². The first-order chi connectivity index (χ1) is 15.0. The normalized spacial score (nSPS) is 14.5. The molecule has 0 aromatic heterocycles. The molecule has 1 atom stereocenters. The van der Waals surface area contributed by atoms with Gasteiger partial charge >= 0.3 is 0 Å². The van der Waals surface area contributed by atoms with Gasteiger partial charge in [0.15, 0.2) is 0 Å². The Morgan fingerprint density at radius 3 is 2.45 bits per heavy atom. The zero-order valence-electron chi connectivity index (χ0n) is 18.1. The molecule has 0 spiro atoms. The zero-order valence-corrected chi connectivity index (χ0v) is 18.9. The lowest BCUT2D eigenvalue weighted by Crippen LogP contribution is -2.48. The van der Waals surface area contributed by atoms with Gasteiger partial charge in [0.25, 0.3) is 0 Å². The molecule has 2 amide bonds. The molecular formula is C26H31ClN2O2. The molecule has 0 fully saturated rings. The van der Waals surface area contributed by atoms with Gasteiger partial charge in [-0.3, -0.25) is 9.59 Å². The number of amides is 2. The summed E-state index contributed by atoms with van der Waals surface area (Å²) < 4.78 is 0. The van der Waals surface area contributed by atoms with Crippen LogP contribution in [-0.4, -0.2) is 29.3 Å². The minimum absolute atomic E-state index is 0.0706. The minimum Gasteiger partial charge on any atom is -0.354 e. The molecule has 0 bridgehead atoms. The summed E-state index contributed by atoms with van der Waals surface area (Å²) in [5, 5.41) is 3.68. The second-order valence-electron chi connectivity index (χ2n) is 8.14. The van der Waals surface area contributed by atoms with Crippen molar-refractivity contribution in [3.05, 3.63) is 82.4 Å². The summed E-state index contributed by atoms with van der Waals surface area (Å²) in [6.07, 6.45) is 8.21. The summed E-state index contributed by atoms with van der Waals surface area (Å²) in [7, 11) is 0. The van der Waals surface area contributed by atoms with Crippen LogP contribution in [-0.2, 0) is 22.6 Å². The first-order valence-electron chi connectivity index (χ1n) is 11.1. The molecule has 0 aliphatic heterocycles. The van der Waals surface area contributed by atoms with Gasteiger partial charge < -0.3 is 10.2 Å². The molecule has 0 saturated carbocycles. The predicted molar refractivity (Wildman–Crippen MR) is 126 cm³/mol. The molecule has 2 aromatic rings. The highest BCUT2D eigenvalue weighted by atomic mass is 35.5. The molecule has 0 radical (unpaired) electrons. The molecule has 3 rings (SSSR count). The van der Waals surface area contributed by atoms with Crippen LogP contribution in [0.25, 0.3) is 0 Å². The van der Waals surface area contributed by atoms with Gasteiger partial charge in [-0.1, -0.05) is 65.7 Å². The van der Waals surface area contributed by atoms with Gasteiger partial charge in [-0.05, 0) is 62.3 Å². The highest BCUT2D eigenvalue weighted by molar-refractivity contribution is 6.30. The van der Waals surface area contributed by atoms with Gasteiger partial charge in [-0.25, -0.2) is 0 Å². The highest BCUT2D eigenvalue weighted by Gasteiger charge is 2.26. The number of nitrogens with one attached hydrogen (secondary N) is 1. The standard InChI is InChI=1S/C26H31ClN2O2/c1-20(26(31)28-17-16-21-8-4-2-5-9-21)29(19-23-12-14-24(27)15-13-23)25(30)18-22-10-6-3-7-11-22/h3,6-8,10-15,20H,2,4-5,9,16-19H2,1H3,(H,28,31)/t20-/m1/s1. The predicted octanol–water partition coefficient (Wildman–Crippen LogP) is 5.31. The van der Waals surface area contributed by atoms with Crippen LogP contribution in [0.4, 0.5) is 0 Å². The average molecular weight is 439 g/mol. The zero-order chi connectivity index (χ0) is 22.1. The fourth-order valence-electron chi connectivity index (χ4n) is 3.87. The molecule has 4 nitrogen and oxygen atoms in total. The van der Waals surface area contributed by atoms with E-state index in [1.54, 1.807) is 24.0 Å². The van der Waals surface area contributed by atoms with Crippen molar-refractivity contribution in [1.82, 2.24) is 10.2 Å². The third-order valence-corrected chi connectivity index (χ3v) is 6.01. The monoisotopic (exact) mass is 438 g/mol. The smallest absolute Gasteiger partial charge is 0.242 e. The van der Waals surface area contributed by atoms with Crippen molar-refractivity contribution in [2.24, 2.45) is 0 Å². The van der Waals surface area contributed by atoms with E-state index >= 15 is 0 Å². The topological polar surface area (TPSA) is 49.4 Å². The van der Waals surface area contributed by atoms with E-state index in [0.717, 1.165) is 30.4 Å². The molecule has 0 heterocycles. The molecule has 0 saturated heterocycles. The van der Waals surface area contributed by atoms with Crippen LogP contribution in [0.3, 0.4) is 0 Å². The summed E-state index contributed by atoms with van der Waals surface area (Å²) in [6.45, 7) is 2.77. The van der Waals surface area contributed by atoms with E-state index in [2.05, 4.69) is 11.4 Å².